The number of esters is 1. The van der Waals surface area contributed by atoms with Crippen LogP contribution in [0.3, 0.4) is 0 Å². The van der Waals surface area contributed by atoms with Crippen molar-refractivity contribution in [2.75, 3.05) is 19.8 Å². The molecule has 1 heterocycles. The van der Waals surface area contributed by atoms with Crippen LogP contribution in [0, 0.1) is 5.92 Å². The second kappa shape index (κ2) is 12.1. The average Bonchev–Trinajstić information content (AvgIpc) is 2.96. The highest BCUT2D eigenvalue weighted by Crippen LogP contribution is 2.48. The summed E-state index contributed by atoms with van der Waals surface area (Å²) in [6.07, 6.45) is 1.06. The van der Waals surface area contributed by atoms with Crippen molar-refractivity contribution in [2.45, 2.75) is 38.5 Å². The van der Waals surface area contributed by atoms with Crippen LogP contribution in [0.25, 0.3) is 0 Å². The van der Waals surface area contributed by atoms with Crippen LogP contribution in [0.1, 0.15) is 49.7 Å². The van der Waals surface area contributed by atoms with Gasteiger partial charge in [-0.25, -0.2) is 4.79 Å². The molecule has 1 aliphatic heterocycles. The summed E-state index contributed by atoms with van der Waals surface area (Å²) in [6.45, 7) is 4.52. The minimum Gasteiger partial charge on any atom is -0.494 e. The molecule has 0 aromatic heterocycles. The van der Waals surface area contributed by atoms with Gasteiger partial charge in [0.25, 0.3) is 0 Å². The standard InChI is InChI=1S/C33H33NO5/c1-3-37-29-17-11-10-16-26(29)31-30(33(36)39-19-18-38-25-14-8-5-9-15-25)22(2)34-27-20-24(21-28(35)32(27)31)23-12-6-4-7-13-23/h4-17,24,31-32H,3,18-21H2,1-2H3/t24-,31+,32?/m1/s1. The first-order valence-electron chi connectivity index (χ1n) is 13.5. The number of rotatable bonds is 9. The fourth-order valence-electron chi connectivity index (χ4n) is 5.65. The van der Waals surface area contributed by atoms with Gasteiger partial charge in [-0.1, -0.05) is 66.7 Å². The highest BCUT2D eigenvalue weighted by Gasteiger charge is 2.46. The number of carbonyl (C=O) groups is 2. The lowest BCUT2D eigenvalue weighted by atomic mass is 9.66. The number of ketones is 1. The molecule has 6 heteroatoms. The molecule has 6 nitrogen and oxygen atoms in total. The minimum atomic E-state index is -0.543. The summed E-state index contributed by atoms with van der Waals surface area (Å²) >= 11 is 0. The predicted octanol–water partition coefficient (Wildman–Crippen LogP) is 6.28. The number of para-hydroxylation sites is 2. The van der Waals surface area contributed by atoms with Crippen molar-refractivity contribution in [1.29, 1.82) is 0 Å². The molecule has 1 fully saturated rings. The number of hydrogen-bond donors (Lipinski definition) is 0. The highest BCUT2D eigenvalue weighted by atomic mass is 16.6. The Morgan fingerprint density at radius 3 is 2.28 bits per heavy atom. The van der Waals surface area contributed by atoms with Gasteiger partial charge in [0.1, 0.15) is 30.5 Å². The van der Waals surface area contributed by atoms with Gasteiger partial charge in [0.05, 0.1) is 18.1 Å². The van der Waals surface area contributed by atoms with Crippen molar-refractivity contribution >= 4 is 17.5 Å². The SMILES string of the molecule is CCOc1ccccc1[C@H]1C(C(=O)OCCOc2ccccc2)=C(C)N=C2C[C@@H](c3ccccc3)CC(=O)C21. The molecule has 39 heavy (non-hydrogen) atoms. The number of Topliss-reactive ketones (excluding diaryl/α,β-unsaturated/α-hetero) is 1. The molecule has 5 rings (SSSR count). The van der Waals surface area contributed by atoms with E-state index in [1.54, 1.807) is 0 Å². The number of ether oxygens (including phenoxy) is 3. The van der Waals surface area contributed by atoms with Gasteiger partial charge in [-0.05, 0) is 49.9 Å². The van der Waals surface area contributed by atoms with Gasteiger partial charge in [0, 0.05) is 29.3 Å². The molecule has 3 aromatic rings. The molecule has 3 aromatic carbocycles. The van der Waals surface area contributed by atoms with Crippen molar-refractivity contribution in [3.63, 3.8) is 0 Å². The molecule has 1 aliphatic carbocycles. The lowest BCUT2D eigenvalue weighted by molar-refractivity contribution is -0.140. The van der Waals surface area contributed by atoms with E-state index in [0.29, 0.717) is 42.2 Å². The molecular weight excluding hydrogens is 490 g/mol. The van der Waals surface area contributed by atoms with Gasteiger partial charge >= 0.3 is 5.97 Å². The van der Waals surface area contributed by atoms with Crippen molar-refractivity contribution in [2.24, 2.45) is 10.9 Å². The third-order valence-electron chi connectivity index (χ3n) is 7.33. The third kappa shape index (κ3) is 5.80. The fourth-order valence-corrected chi connectivity index (χ4v) is 5.65. The molecular formula is C33H33NO5. The maximum atomic E-state index is 13.8. The monoisotopic (exact) mass is 523 g/mol. The Bertz CT molecular complexity index is 1380. The Hall–Kier alpha value is -4.19. The zero-order valence-corrected chi connectivity index (χ0v) is 22.3. The van der Waals surface area contributed by atoms with Crippen LogP contribution >= 0.6 is 0 Å². The van der Waals surface area contributed by atoms with Crippen LogP contribution < -0.4 is 9.47 Å². The predicted molar refractivity (Wildman–Crippen MR) is 150 cm³/mol. The zero-order chi connectivity index (χ0) is 27.2. The van der Waals surface area contributed by atoms with E-state index in [-0.39, 0.29) is 24.9 Å². The molecule has 0 N–H and O–H groups in total. The lowest BCUT2D eigenvalue weighted by Gasteiger charge is -2.38. The molecule has 200 valence electrons. The maximum Gasteiger partial charge on any atom is 0.336 e. The van der Waals surface area contributed by atoms with Crippen molar-refractivity contribution < 1.29 is 23.8 Å². The van der Waals surface area contributed by atoms with Gasteiger partial charge in [0.15, 0.2) is 0 Å². The first-order valence-corrected chi connectivity index (χ1v) is 13.5. The minimum absolute atomic E-state index is 0.0629. The quantitative estimate of drug-likeness (QED) is 0.244. The number of carbonyl (C=O) groups excluding carboxylic acids is 2. The molecule has 0 bridgehead atoms. The smallest absolute Gasteiger partial charge is 0.336 e. The van der Waals surface area contributed by atoms with Gasteiger partial charge in [-0.15, -0.1) is 0 Å². The molecule has 1 unspecified atom stereocenters. The topological polar surface area (TPSA) is 74.2 Å². The summed E-state index contributed by atoms with van der Waals surface area (Å²) in [5, 5.41) is 0. The third-order valence-corrected chi connectivity index (χ3v) is 7.33. The van der Waals surface area contributed by atoms with Crippen molar-refractivity contribution in [3.8, 4) is 11.5 Å². The Kier molecular flexibility index (Phi) is 8.21. The Balaban J connectivity index is 1.46. The number of hydrogen-bond acceptors (Lipinski definition) is 6. The second-order valence-corrected chi connectivity index (χ2v) is 9.81. The molecule has 0 amide bonds. The van der Waals surface area contributed by atoms with Crippen LogP contribution in [0.15, 0.2) is 101 Å². The first kappa shape index (κ1) is 26.4. The van der Waals surface area contributed by atoms with E-state index in [9.17, 15) is 9.59 Å². The van der Waals surface area contributed by atoms with Crippen molar-refractivity contribution in [3.05, 3.63) is 107 Å². The summed E-state index contributed by atoms with van der Waals surface area (Å²) in [5.74, 6) is -0.0511. The Morgan fingerprint density at radius 2 is 1.54 bits per heavy atom. The maximum absolute atomic E-state index is 13.8. The average molecular weight is 524 g/mol. The van der Waals surface area contributed by atoms with Crippen molar-refractivity contribution in [1.82, 2.24) is 0 Å². The fraction of sp³-hybridized carbons (Fsp3) is 0.303. The number of allylic oxidation sites excluding steroid dienone is 1. The normalized spacial score (nSPS) is 20.6. The van der Waals surface area contributed by atoms with E-state index >= 15 is 0 Å². The lowest BCUT2D eigenvalue weighted by Crippen LogP contribution is -2.41. The zero-order valence-electron chi connectivity index (χ0n) is 22.3. The van der Waals surface area contributed by atoms with Crippen LogP contribution in [-0.4, -0.2) is 37.3 Å². The Morgan fingerprint density at radius 1 is 0.846 bits per heavy atom. The van der Waals surface area contributed by atoms with E-state index in [0.717, 1.165) is 16.8 Å². The number of fused-ring (bicyclic) bond motifs is 1. The summed E-state index contributed by atoms with van der Waals surface area (Å²) in [6, 6.07) is 27.1. The van der Waals surface area contributed by atoms with Crippen LogP contribution in [0.5, 0.6) is 11.5 Å². The van der Waals surface area contributed by atoms with E-state index in [2.05, 4.69) is 12.1 Å². The molecule has 3 atom stereocenters. The molecule has 0 radical (unpaired) electrons. The summed E-state index contributed by atoms with van der Waals surface area (Å²) in [4.78, 5) is 32.3. The summed E-state index contributed by atoms with van der Waals surface area (Å²) in [7, 11) is 0. The van der Waals surface area contributed by atoms with E-state index in [4.69, 9.17) is 19.2 Å². The molecule has 0 spiro atoms. The van der Waals surface area contributed by atoms with Gasteiger partial charge < -0.3 is 14.2 Å². The van der Waals surface area contributed by atoms with E-state index in [1.165, 1.54) is 0 Å². The van der Waals surface area contributed by atoms with Gasteiger partial charge in [0.2, 0.25) is 0 Å². The van der Waals surface area contributed by atoms with Crippen LogP contribution in [-0.2, 0) is 14.3 Å². The summed E-state index contributed by atoms with van der Waals surface area (Å²) < 4.78 is 17.3. The number of benzene rings is 3. The largest absolute Gasteiger partial charge is 0.494 e. The molecule has 2 aliphatic rings. The Labute approximate surface area is 229 Å². The first-order chi connectivity index (χ1) is 19.1. The number of nitrogens with zero attached hydrogens (tertiary/aromatic N) is 1. The van der Waals surface area contributed by atoms with Gasteiger partial charge in [-0.3, -0.25) is 9.79 Å². The van der Waals surface area contributed by atoms with Crippen LogP contribution in [0.2, 0.25) is 0 Å². The molecule has 1 saturated carbocycles. The highest BCUT2D eigenvalue weighted by molar-refractivity contribution is 6.12. The van der Waals surface area contributed by atoms with Crippen LogP contribution in [0.4, 0.5) is 0 Å². The van der Waals surface area contributed by atoms with E-state index < -0.39 is 17.8 Å². The van der Waals surface area contributed by atoms with E-state index in [1.807, 2.05) is 86.6 Å². The van der Waals surface area contributed by atoms with Gasteiger partial charge in [-0.2, -0.15) is 0 Å². The second-order valence-electron chi connectivity index (χ2n) is 9.81. The molecule has 0 saturated heterocycles. The summed E-state index contributed by atoms with van der Waals surface area (Å²) in [5.41, 5.74) is 3.73. The number of aliphatic imine (C=N–C) groups is 1.